The Kier molecular flexibility index (Phi) is 4.13. The maximum absolute atomic E-state index is 12.7. The molecule has 0 radical (unpaired) electrons. The zero-order chi connectivity index (χ0) is 14.2. The van der Waals surface area contributed by atoms with E-state index < -0.39 is 10.0 Å². The van der Waals surface area contributed by atoms with Gasteiger partial charge in [0.15, 0.2) is 0 Å². The van der Waals surface area contributed by atoms with Crippen LogP contribution in [0.1, 0.15) is 17.5 Å². The van der Waals surface area contributed by atoms with E-state index in [-0.39, 0.29) is 6.04 Å². The third-order valence-electron chi connectivity index (χ3n) is 3.72. The molecule has 1 aliphatic heterocycles. The van der Waals surface area contributed by atoms with Gasteiger partial charge in [0.1, 0.15) is 0 Å². The Morgan fingerprint density at radius 3 is 2.63 bits per heavy atom. The summed E-state index contributed by atoms with van der Waals surface area (Å²) in [5.74, 6) is 1.90. The first kappa shape index (κ1) is 14.7. The predicted octanol–water partition coefficient (Wildman–Crippen LogP) is 2.01. The third kappa shape index (κ3) is 2.75. The molecule has 1 atom stereocenters. The first-order chi connectivity index (χ1) is 8.84. The van der Waals surface area contributed by atoms with Crippen LogP contribution in [0.25, 0.3) is 0 Å². The molecule has 1 heterocycles. The van der Waals surface area contributed by atoms with Gasteiger partial charge < -0.3 is 5.73 Å². The minimum atomic E-state index is -3.46. The number of rotatable bonds is 3. The maximum atomic E-state index is 12.7. The van der Waals surface area contributed by atoms with E-state index in [1.54, 1.807) is 30.9 Å². The topological polar surface area (TPSA) is 63.4 Å². The Morgan fingerprint density at radius 2 is 2.05 bits per heavy atom. The van der Waals surface area contributed by atoms with Crippen molar-refractivity contribution in [3.8, 4) is 0 Å². The molecule has 6 heteroatoms. The summed E-state index contributed by atoms with van der Waals surface area (Å²) in [7, 11) is -1.79. The fourth-order valence-electron chi connectivity index (χ4n) is 2.28. The van der Waals surface area contributed by atoms with Crippen LogP contribution >= 0.6 is 11.8 Å². The summed E-state index contributed by atoms with van der Waals surface area (Å²) in [4.78, 5) is 0.337. The fourth-order valence-corrected chi connectivity index (χ4v) is 5.36. The van der Waals surface area contributed by atoms with Crippen molar-refractivity contribution in [2.75, 3.05) is 24.3 Å². The zero-order valence-electron chi connectivity index (χ0n) is 11.5. The summed E-state index contributed by atoms with van der Waals surface area (Å²) in [6.07, 6.45) is 0.917. The number of nitrogens with zero attached hydrogens (tertiary/aromatic N) is 1. The molecule has 1 saturated heterocycles. The van der Waals surface area contributed by atoms with Crippen LogP contribution < -0.4 is 5.73 Å². The molecule has 0 aromatic heterocycles. The van der Waals surface area contributed by atoms with Crippen molar-refractivity contribution in [1.82, 2.24) is 4.31 Å². The molecule has 0 saturated carbocycles. The normalized spacial score (nSPS) is 20.1. The molecule has 1 aromatic rings. The molecular formula is C13H20N2O2S2. The van der Waals surface area contributed by atoms with Crippen molar-refractivity contribution in [3.63, 3.8) is 0 Å². The average Bonchev–Trinajstić information content (AvgIpc) is 2.86. The highest BCUT2D eigenvalue weighted by Gasteiger charge is 2.31. The quantitative estimate of drug-likeness (QED) is 0.867. The first-order valence-electron chi connectivity index (χ1n) is 6.26. The minimum absolute atomic E-state index is 0.0936. The van der Waals surface area contributed by atoms with Gasteiger partial charge in [0, 0.05) is 24.5 Å². The van der Waals surface area contributed by atoms with Crippen LogP contribution in [0, 0.1) is 13.8 Å². The molecule has 1 aliphatic rings. The first-order valence-corrected chi connectivity index (χ1v) is 8.86. The largest absolute Gasteiger partial charge is 0.399 e. The summed E-state index contributed by atoms with van der Waals surface area (Å²) in [5.41, 5.74) is 7.98. The second-order valence-electron chi connectivity index (χ2n) is 5.00. The summed E-state index contributed by atoms with van der Waals surface area (Å²) in [6, 6.07) is 3.46. The number of aryl methyl sites for hydroxylation is 1. The van der Waals surface area contributed by atoms with E-state index in [1.165, 1.54) is 4.31 Å². The lowest BCUT2D eigenvalue weighted by atomic mass is 10.1. The lowest BCUT2D eigenvalue weighted by molar-refractivity contribution is 0.394. The zero-order valence-corrected chi connectivity index (χ0v) is 13.1. The van der Waals surface area contributed by atoms with Crippen molar-refractivity contribution in [3.05, 3.63) is 23.3 Å². The van der Waals surface area contributed by atoms with Gasteiger partial charge in [-0.05, 0) is 49.3 Å². The highest BCUT2D eigenvalue weighted by atomic mass is 32.2. The highest BCUT2D eigenvalue weighted by Crippen LogP contribution is 2.29. The van der Waals surface area contributed by atoms with Crippen molar-refractivity contribution >= 4 is 27.5 Å². The average molecular weight is 300 g/mol. The molecule has 106 valence electrons. The lowest BCUT2D eigenvalue weighted by Crippen LogP contribution is -2.37. The van der Waals surface area contributed by atoms with Crippen LogP contribution in [0.2, 0.25) is 0 Å². The van der Waals surface area contributed by atoms with Crippen LogP contribution in [0.3, 0.4) is 0 Å². The van der Waals surface area contributed by atoms with E-state index in [0.717, 1.165) is 29.1 Å². The number of anilines is 1. The Balaban J connectivity index is 2.44. The predicted molar refractivity (Wildman–Crippen MR) is 81.0 cm³/mol. The molecular weight excluding hydrogens is 280 g/mol. The van der Waals surface area contributed by atoms with Gasteiger partial charge >= 0.3 is 0 Å². The van der Waals surface area contributed by atoms with Crippen molar-refractivity contribution < 1.29 is 8.42 Å². The van der Waals surface area contributed by atoms with Crippen LogP contribution in [0.15, 0.2) is 17.0 Å². The van der Waals surface area contributed by atoms with Crippen LogP contribution in [0.5, 0.6) is 0 Å². The number of nitrogens with two attached hydrogens (primary N) is 1. The van der Waals surface area contributed by atoms with E-state index in [0.29, 0.717) is 10.6 Å². The molecule has 0 amide bonds. The van der Waals surface area contributed by atoms with Gasteiger partial charge in [0.25, 0.3) is 0 Å². The fraction of sp³-hybridized carbons (Fsp3) is 0.538. The molecule has 2 rings (SSSR count). The van der Waals surface area contributed by atoms with E-state index in [1.807, 2.05) is 13.8 Å². The number of sulfonamides is 1. The lowest BCUT2D eigenvalue weighted by Gasteiger charge is -2.24. The van der Waals surface area contributed by atoms with Gasteiger partial charge in [0.2, 0.25) is 10.0 Å². The SMILES string of the molecule is Cc1cc(N)cc(S(=O)(=O)N(C)C2CCSC2)c1C. The van der Waals surface area contributed by atoms with E-state index in [4.69, 9.17) is 5.73 Å². The molecule has 4 nitrogen and oxygen atoms in total. The number of hydrogen-bond acceptors (Lipinski definition) is 4. The molecule has 0 spiro atoms. The Bertz CT molecular complexity index is 579. The van der Waals surface area contributed by atoms with Gasteiger partial charge in [-0.1, -0.05) is 0 Å². The molecule has 1 fully saturated rings. The Morgan fingerprint density at radius 1 is 1.37 bits per heavy atom. The molecule has 19 heavy (non-hydrogen) atoms. The second kappa shape index (κ2) is 5.34. The Labute approximate surface area is 119 Å². The van der Waals surface area contributed by atoms with Gasteiger partial charge in [-0.2, -0.15) is 16.1 Å². The molecule has 1 aromatic carbocycles. The molecule has 2 N–H and O–H groups in total. The standard InChI is InChI=1S/C13H20N2O2S2/c1-9-6-11(14)7-13(10(9)2)19(16,17)15(3)12-4-5-18-8-12/h6-7,12H,4-5,8,14H2,1-3H3. The smallest absolute Gasteiger partial charge is 0.243 e. The van der Waals surface area contributed by atoms with Crippen LogP contribution in [-0.4, -0.2) is 37.3 Å². The summed E-state index contributed by atoms with van der Waals surface area (Å²) in [5, 5.41) is 0. The maximum Gasteiger partial charge on any atom is 0.243 e. The number of benzene rings is 1. The highest BCUT2D eigenvalue weighted by molar-refractivity contribution is 7.99. The minimum Gasteiger partial charge on any atom is -0.399 e. The van der Waals surface area contributed by atoms with Gasteiger partial charge in [-0.3, -0.25) is 0 Å². The van der Waals surface area contributed by atoms with Crippen molar-refractivity contribution in [2.45, 2.75) is 31.2 Å². The Hall–Kier alpha value is -0.720. The summed E-state index contributed by atoms with van der Waals surface area (Å²) >= 11 is 1.80. The van der Waals surface area contributed by atoms with E-state index in [2.05, 4.69) is 0 Å². The van der Waals surface area contributed by atoms with Crippen LogP contribution in [0.4, 0.5) is 5.69 Å². The van der Waals surface area contributed by atoms with Gasteiger partial charge in [-0.25, -0.2) is 8.42 Å². The molecule has 1 unspecified atom stereocenters. The summed E-state index contributed by atoms with van der Waals surface area (Å²) < 4.78 is 26.9. The van der Waals surface area contributed by atoms with E-state index in [9.17, 15) is 8.42 Å². The van der Waals surface area contributed by atoms with Gasteiger partial charge in [0.05, 0.1) is 4.90 Å². The van der Waals surface area contributed by atoms with Crippen LogP contribution in [-0.2, 0) is 10.0 Å². The molecule has 0 bridgehead atoms. The third-order valence-corrected chi connectivity index (χ3v) is 6.90. The van der Waals surface area contributed by atoms with E-state index >= 15 is 0 Å². The number of hydrogen-bond donors (Lipinski definition) is 1. The van der Waals surface area contributed by atoms with Crippen molar-refractivity contribution in [1.29, 1.82) is 0 Å². The number of nitrogen functional groups attached to an aromatic ring is 1. The second-order valence-corrected chi connectivity index (χ2v) is 8.12. The van der Waals surface area contributed by atoms with Gasteiger partial charge in [-0.15, -0.1) is 0 Å². The molecule has 0 aliphatic carbocycles. The summed E-state index contributed by atoms with van der Waals surface area (Å²) in [6.45, 7) is 3.72. The monoisotopic (exact) mass is 300 g/mol. The van der Waals surface area contributed by atoms with Crippen molar-refractivity contribution in [2.24, 2.45) is 0 Å². The number of thioether (sulfide) groups is 1.